The van der Waals surface area contributed by atoms with Gasteiger partial charge in [-0.05, 0) is 50.2 Å². The molecule has 0 spiro atoms. The molecule has 0 atom stereocenters. The molecule has 9 nitrogen and oxygen atoms in total. The van der Waals surface area contributed by atoms with Gasteiger partial charge < -0.3 is 20.6 Å². The molecule has 0 saturated carbocycles. The van der Waals surface area contributed by atoms with Gasteiger partial charge in [0.2, 0.25) is 17.8 Å². The van der Waals surface area contributed by atoms with Crippen LogP contribution in [0.5, 0.6) is 5.75 Å². The summed E-state index contributed by atoms with van der Waals surface area (Å²) in [5.74, 6) is 1.10. The SMILES string of the molecule is CCN(CC)c1ccc(/C=N/Nc2nc(Nc3ccccc3)nc(Nc3ccccc3)n2)c(O)c1. The third-order valence-corrected chi connectivity index (χ3v) is 5.21. The zero-order chi connectivity index (χ0) is 24.5. The first-order valence-corrected chi connectivity index (χ1v) is 11.4. The van der Waals surface area contributed by atoms with E-state index in [9.17, 15) is 5.11 Å². The molecule has 4 N–H and O–H groups in total. The average molecular weight is 469 g/mol. The maximum absolute atomic E-state index is 10.4. The first-order valence-electron chi connectivity index (χ1n) is 11.4. The van der Waals surface area contributed by atoms with Gasteiger partial charge in [0.25, 0.3) is 0 Å². The largest absolute Gasteiger partial charge is 0.507 e. The van der Waals surface area contributed by atoms with E-state index in [0.717, 1.165) is 30.2 Å². The van der Waals surface area contributed by atoms with E-state index in [1.807, 2.05) is 72.8 Å². The van der Waals surface area contributed by atoms with E-state index in [1.165, 1.54) is 6.21 Å². The van der Waals surface area contributed by atoms with Crippen molar-refractivity contribution in [3.63, 3.8) is 0 Å². The van der Waals surface area contributed by atoms with Crippen LogP contribution in [0.25, 0.3) is 0 Å². The van der Waals surface area contributed by atoms with Crippen LogP contribution in [0.2, 0.25) is 0 Å². The van der Waals surface area contributed by atoms with Gasteiger partial charge in [0.1, 0.15) is 5.75 Å². The van der Waals surface area contributed by atoms with Crippen molar-refractivity contribution >= 4 is 41.1 Å². The molecule has 0 aliphatic carbocycles. The number of rotatable bonds is 10. The summed E-state index contributed by atoms with van der Waals surface area (Å²) >= 11 is 0. The third kappa shape index (κ3) is 6.44. The van der Waals surface area contributed by atoms with Crippen LogP contribution >= 0.6 is 0 Å². The van der Waals surface area contributed by atoms with E-state index in [1.54, 1.807) is 6.07 Å². The van der Waals surface area contributed by atoms with Crippen LogP contribution in [0.4, 0.5) is 34.9 Å². The van der Waals surface area contributed by atoms with Crippen LogP contribution in [-0.2, 0) is 0 Å². The van der Waals surface area contributed by atoms with Crippen molar-refractivity contribution in [3.8, 4) is 5.75 Å². The number of hydrazone groups is 1. The van der Waals surface area contributed by atoms with Crippen LogP contribution in [0, 0.1) is 0 Å². The molecule has 0 aliphatic heterocycles. The molecule has 178 valence electrons. The van der Waals surface area contributed by atoms with E-state index in [2.05, 4.69) is 54.9 Å². The van der Waals surface area contributed by atoms with Crippen LogP contribution < -0.4 is 21.0 Å². The molecule has 0 fully saturated rings. The number of hydrogen-bond acceptors (Lipinski definition) is 9. The van der Waals surface area contributed by atoms with E-state index in [0.29, 0.717) is 17.5 Å². The predicted octanol–water partition coefficient (Wildman–Crippen LogP) is 5.36. The maximum atomic E-state index is 10.4. The van der Waals surface area contributed by atoms with E-state index in [-0.39, 0.29) is 11.7 Å². The molecule has 0 bridgehead atoms. The summed E-state index contributed by atoms with van der Waals surface area (Å²) in [6, 6.07) is 24.8. The quantitative estimate of drug-likeness (QED) is 0.182. The summed E-state index contributed by atoms with van der Waals surface area (Å²) in [6.07, 6.45) is 1.53. The Hall–Kier alpha value is -4.66. The highest BCUT2D eigenvalue weighted by atomic mass is 16.3. The van der Waals surface area contributed by atoms with Gasteiger partial charge in [-0.2, -0.15) is 20.1 Å². The summed E-state index contributed by atoms with van der Waals surface area (Å²) in [4.78, 5) is 15.5. The lowest BCUT2D eigenvalue weighted by Gasteiger charge is -2.21. The molecular formula is C26H28N8O. The van der Waals surface area contributed by atoms with Gasteiger partial charge in [0.15, 0.2) is 0 Å². The van der Waals surface area contributed by atoms with E-state index < -0.39 is 0 Å². The van der Waals surface area contributed by atoms with Gasteiger partial charge in [0.05, 0.1) is 6.21 Å². The van der Waals surface area contributed by atoms with Gasteiger partial charge in [0, 0.05) is 41.8 Å². The second kappa shape index (κ2) is 11.5. The molecule has 35 heavy (non-hydrogen) atoms. The zero-order valence-corrected chi connectivity index (χ0v) is 19.7. The first-order chi connectivity index (χ1) is 17.1. The van der Waals surface area contributed by atoms with Crippen LogP contribution in [0.15, 0.2) is 84.0 Å². The lowest BCUT2D eigenvalue weighted by molar-refractivity contribution is 0.474. The molecular weight excluding hydrogens is 440 g/mol. The number of anilines is 6. The number of phenols is 1. The van der Waals surface area contributed by atoms with Gasteiger partial charge in [-0.25, -0.2) is 5.43 Å². The van der Waals surface area contributed by atoms with Gasteiger partial charge in [-0.1, -0.05) is 36.4 Å². The first kappa shape index (κ1) is 23.5. The molecule has 9 heteroatoms. The normalized spacial score (nSPS) is 10.8. The fourth-order valence-corrected chi connectivity index (χ4v) is 3.43. The Balaban J connectivity index is 1.54. The highest BCUT2D eigenvalue weighted by molar-refractivity contribution is 5.85. The number of nitrogens with zero attached hydrogens (tertiary/aromatic N) is 5. The van der Waals surface area contributed by atoms with Crippen molar-refractivity contribution in [3.05, 3.63) is 84.4 Å². The number of nitrogens with one attached hydrogen (secondary N) is 3. The number of phenolic OH excluding ortho intramolecular Hbond substituents is 1. The summed E-state index contributed by atoms with van der Waals surface area (Å²) in [5, 5.41) is 21.0. The lowest BCUT2D eigenvalue weighted by Crippen LogP contribution is -2.21. The van der Waals surface area contributed by atoms with Crippen molar-refractivity contribution in [2.24, 2.45) is 5.10 Å². The van der Waals surface area contributed by atoms with Crippen LogP contribution in [-0.4, -0.2) is 39.4 Å². The van der Waals surface area contributed by atoms with Gasteiger partial charge in [-0.3, -0.25) is 0 Å². The summed E-state index contributed by atoms with van der Waals surface area (Å²) in [6.45, 7) is 5.89. The maximum Gasteiger partial charge on any atom is 0.250 e. The third-order valence-electron chi connectivity index (χ3n) is 5.21. The van der Waals surface area contributed by atoms with E-state index >= 15 is 0 Å². The Kier molecular flexibility index (Phi) is 7.70. The summed E-state index contributed by atoms with van der Waals surface area (Å²) < 4.78 is 0. The summed E-state index contributed by atoms with van der Waals surface area (Å²) in [5.41, 5.74) is 6.07. The summed E-state index contributed by atoms with van der Waals surface area (Å²) in [7, 11) is 0. The fraction of sp³-hybridized carbons (Fsp3) is 0.154. The van der Waals surface area contributed by atoms with Gasteiger partial charge >= 0.3 is 0 Å². The second-order valence-electron chi connectivity index (χ2n) is 7.57. The highest BCUT2D eigenvalue weighted by Gasteiger charge is 2.08. The fourth-order valence-electron chi connectivity index (χ4n) is 3.43. The van der Waals surface area contributed by atoms with E-state index in [4.69, 9.17) is 0 Å². The molecule has 0 radical (unpaired) electrons. The molecule has 0 amide bonds. The monoisotopic (exact) mass is 468 g/mol. The lowest BCUT2D eigenvalue weighted by atomic mass is 10.2. The average Bonchev–Trinajstić information content (AvgIpc) is 2.87. The Bertz CT molecular complexity index is 1200. The number of aromatic hydroxyl groups is 1. The minimum atomic E-state index is 0.147. The Morgan fingerprint density at radius 1 is 0.771 bits per heavy atom. The minimum Gasteiger partial charge on any atom is -0.507 e. The van der Waals surface area contributed by atoms with Crippen molar-refractivity contribution in [1.29, 1.82) is 0 Å². The highest BCUT2D eigenvalue weighted by Crippen LogP contribution is 2.24. The van der Waals surface area contributed by atoms with Crippen molar-refractivity contribution in [2.75, 3.05) is 34.0 Å². The molecule has 1 aromatic heterocycles. The number of hydrogen-bond donors (Lipinski definition) is 4. The number of aromatic nitrogens is 3. The van der Waals surface area contributed by atoms with Crippen LogP contribution in [0.3, 0.4) is 0 Å². The molecule has 4 rings (SSSR count). The minimum absolute atomic E-state index is 0.147. The predicted molar refractivity (Wildman–Crippen MR) is 142 cm³/mol. The number of benzene rings is 3. The topological polar surface area (TPSA) is 111 Å². The van der Waals surface area contributed by atoms with Crippen molar-refractivity contribution in [1.82, 2.24) is 15.0 Å². The zero-order valence-electron chi connectivity index (χ0n) is 19.7. The number of para-hydroxylation sites is 2. The van der Waals surface area contributed by atoms with Crippen LogP contribution in [0.1, 0.15) is 19.4 Å². The van der Waals surface area contributed by atoms with Gasteiger partial charge in [-0.15, -0.1) is 0 Å². The Morgan fingerprint density at radius 2 is 1.31 bits per heavy atom. The van der Waals surface area contributed by atoms with Crippen molar-refractivity contribution < 1.29 is 5.11 Å². The standard InChI is InChI=1S/C26H28N8O/c1-3-34(4-2)22-16-15-19(23(35)17-22)18-27-33-26-31-24(28-20-11-7-5-8-12-20)30-25(32-26)29-21-13-9-6-10-14-21/h5-18,35H,3-4H2,1-2H3,(H3,28,29,30,31,32,33)/b27-18+. The molecule has 0 aliphatic rings. The van der Waals surface area contributed by atoms with Crippen molar-refractivity contribution in [2.45, 2.75) is 13.8 Å². The smallest absolute Gasteiger partial charge is 0.250 e. The Labute approximate surface area is 204 Å². The Morgan fingerprint density at radius 3 is 1.83 bits per heavy atom. The molecule has 3 aromatic carbocycles. The second-order valence-corrected chi connectivity index (χ2v) is 7.57. The molecule has 1 heterocycles. The molecule has 4 aromatic rings. The molecule has 0 saturated heterocycles. The molecule has 0 unspecified atom stereocenters.